The maximum atomic E-state index is 5.24. The van der Waals surface area contributed by atoms with E-state index in [2.05, 4.69) is 37.7 Å². The van der Waals surface area contributed by atoms with Crippen LogP contribution in [0, 0.1) is 0 Å². The van der Waals surface area contributed by atoms with E-state index in [4.69, 9.17) is 4.74 Å². The molecule has 1 aliphatic heterocycles. The molecule has 5 heteroatoms. The number of anilines is 1. The van der Waals surface area contributed by atoms with Gasteiger partial charge in [0.25, 0.3) is 5.88 Å². The van der Waals surface area contributed by atoms with E-state index in [0.717, 1.165) is 12.4 Å². The molecule has 1 saturated heterocycles. The van der Waals surface area contributed by atoms with E-state index in [1.165, 1.54) is 12.8 Å². The fraction of sp³-hybridized carbons (Fsp3) is 0.600. The van der Waals surface area contributed by atoms with Crippen LogP contribution in [0.5, 0.6) is 5.88 Å². The maximum absolute atomic E-state index is 5.24. The lowest BCUT2D eigenvalue weighted by molar-refractivity contribution is 0.394. The van der Waals surface area contributed by atoms with Crippen LogP contribution in [-0.2, 0) is 0 Å². The van der Waals surface area contributed by atoms with Gasteiger partial charge < -0.3 is 9.64 Å². The standard InChI is InChI=1S/C10H14BrN3O/c1-7-4-3-5-14(7)9-10(15-2)13-8(11)6-12-9/h6-7H,3-5H2,1-2H3. The molecule has 4 nitrogen and oxygen atoms in total. The molecule has 0 spiro atoms. The zero-order chi connectivity index (χ0) is 10.8. The van der Waals surface area contributed by atoms with Crippen LogP contribution < -0.4 is 9.64 Å². The number of aromatic nitrogens is 2. The Kier molecular flexibility index (Phi) is 3.09. The molecular weight excluding hydrogens is 258 g/mol. The maximum Gasteiger partial charge on any atom is 0.258 e. The minimum Gasteiger partial charge on any atom is -0.478 e. The summed E-state index contributed by atoms with van der Waals surface area (Å²) in [6.07, 6.45) is 4.13. The largest absolute Gasteiger partial charge is 0.478 e. The highest BCUT2D eigenvalue weighted by Crippen LogP contribution is 2.30. The van der Waals surface area contributed by atoms with E-state index in [9.17, 15) is 0 Å². The summed E-state index contributed by atoms with van der Waals surface area (Å²) in [4.78, 5) is 10.9. The van der Waals surface area contributed by atoms with Gasteiger partial charge in [-0.15, -0.1) is 0 Å². The first-order valence-corrected chi connectivity index (χ1v) is 5.85. The van der Waals surface area contributed by atoms with Gasteiger partial charge in [-0.2, -0.15) is 0 Å². The normalized spacial score (nSPS) is 20.7. The van der Waals surface area contributed by atoms with Gasteiger partial charge in [0.05, 0.1) is 13.3 Å². The van der Waals surface area contributed by atoms with E-state index >= 15 is 0 Å². The van der Waals surface area contributed by atoms with Crippen molar-refractivity contribution in [3.05, 3.63) is 10.8 Å². The molecule has 0 aliphatic carbocycles. The first-order valence-electron chi connectivity index (χ1n) is 5.05. The fourth-order valence-corrected chi connectivity index (χ4v) is 2.19. The van der Waals surface area contributed by atoms with Crippen molar-refractivity contribution in [2.75, 3.05) is 18.6 Å². The van der Waals surface area contributed by atoms with Gasteiger partial charge in [-0.05, 0) is 35.7 Å². The smallest absolute Gasteiger partial charge is 0.258 e. The first-order chi connectivity index (χ1) is 7.22. The van der Waals surface area contributed by atoms with Crippen LogP contribution in [0.25, 0.3) is 0 Å². The zero-order valence-corrected chi connectivity index (χ0v) is 10.5. The van der Waals surface area contributed by atoms with Crippen molar-refractivity contribution < 1.29 is 4.74 Å². The lowest BCUT2D eigenvalue weighted by atomic mass is 10.2. The molecule has 0 N–H and O–H groups in total. The van der Waals surface area contributed by atoms with Crippen LogP contribution >= 0.6 is 15.9 Å². The van der Waals surface area contributed by atoms with Crippen molar-refractivity contribution >= 4 is 21.7 Å². The van der Waals surface area contributed by atoms with Gasteiger partial charge in [-0.1, -0.05) is 0 Å². The van der Waals surface area contributed by atoms with Crippen molar-refractivity contribution in [2.45, 2.75) is 25.8 Å². The highest BCUT2D eigenvalue weighted by Gasteiger charge is 2.25. The summed E-state index contributed by atoms with van der Waals surface area (Å²) in [6.45, 7) is 3.24. The highest BCUT2D eigenvalue weighted by atomic mass is 79.9. The molecule has 0 radical (unpaired) electrons. The van der Waals surface area contributed by atoms with E-state index in [1.54, 1.807) is 13.3 Å². The molecule has 82 valence electrons. The number of ether oxygens (including phenoxy) is 1. The van der Waals surface area contributed by atoms with Gasteiger partial charge >= 0.3 is 0 Å². The fourth-order valence-electron chi connectivity index (χ4n) is 1.93. The second-order valence-corrected chi connectivity index (χ2v) is 4.52. The zero-order valence-electron chi connectivity index (χ0n) is 8.90. The Labute approximate surface area is 97.8 Å². The number of hydrogen-bond acceptors (Lipinski definition) is 4. The number of hydrogen-bond donors (Lipinski definition) is 0. The third kappa shape index (κ3) is 2.07. The Morgan fingerprint density at radius 1 is 1.60 bits per heavy atom. The van der Waals surface area contributed by atoms with Crippen LogP contribution in [0.2, 0.25) is 0 Å². The average molecular weight is 272 g/mol. The summed E-state index contributed by atoms with van der Waals surface area (Å²) in [7, 11) is 1.63. The summed E-state index contributed by atoms with van der Waals surface area (Å²) in [5.74, 6) is 1.45. The number of rotatable bonds is 2. The molecule has 1 unspecified atom stereocenters. The van der Waals surface area contributed by atoms with Crippen molar-refractivity contribution in [2.24, 2.45) is 0 Å². The number of halogens is 1. The van der Waals surface area contributed by atoms with Gasteiger partial charge in [0.15, 0.2) is 5.82 Å². The molecule has 0 bridgehead atoms. The van der Waals surface area contributed by atoms with Crippen LogP contribution in [0.4, 0.5) is 5.82 Å². The Hall–Kier alpha value is -0.840. The monoisotopic (exact) mass is 271 g/mol. The SMILES string of the molecule is COc1nc(Br)cnc1N1CCCC1C. The van der Waals surface area contributed by atoms with Gasteiger partial charge in [-0.25, -0.2) is 9.97 Å². The summed E-state index contributed by atoms with van der Waals surface area (Å²) in [6, 6.07) is 0.523. The molecular formula is C10H14BrN3O. The molecule has 0 amide bonds. The predicted octanol–water partition coefficient (Wildman–Crippen LogP) is 2.24. The third-order valence-electron chi connectivity index (χ3n) is 2.71. The van der Waals surface area contributed by atoms with Gasteiger partial charge in [0.2, 0.25) is 0 Å². The Morgan fingerprint density at radius 2 is 2.40 bits per heavy atom. The molecule has 1 fully saturated rings. The van der Waals surface area contributed by atoms with Crippen LogP contribution in [0.1, 0.15) is 19.8 Å². The molecule has 2 rings (SSSR count). The first kappa shape index (κ1) is 10.7. The Morgan fingerprint density at radius 3 is 3.00 bits per heavy atom. The molecule has 0 saturated carbocycles. The molecule has 1 atom stereocenters. The van der Waals surface area contributed by atoms with Crippen LogP contribution in [0.15, 0.2) is 10.8 Å². The lowest BCUT2D eigenvalue weighted by Gasteiger charge is -2.23. The molecule has 1 aliphatic rings. The summed E-state index contributed by atoms with van der Waals surface area (Å²) in [5, 5.41) is 0. The molecule has 1 aromatic heterocycles. The molecule has 15 heavy (non-hydrogen) atoms. The molecule has 0 aromatic carbocycles. The number of nitrogens with zero attached hydrogens (tertiary/aromatic N) is 3. The van der Waals surface area contributed by atoms with Crippen LogP contribution in [-0.4, -0.2) is 29.7 Å². The topological polar surface area (TPSA) is 38.3 Å². The van der Waals surface area contributed by atoms with Gasteiger partial charge in [0.1, 0.15) is 4.60 Å². The Bertz CT molecular complexity index is 359. The van der Waals surface area contributed by atoms with Crippen molar-refractivity contribution in [1.82, 2.24) is 9.97 Å². The molecule has 1 aromatic rings. The van der Waals surface area contributed by atoms with Crippen molar-refractivity contribution in [3.8, 4) is 5.88 Å². The van der Waals surface area contributed by atoms with Gasteiger partial charge in [0, 0.05) is 12.6 Å². The van der Waals surface area contributed by atoms with E-state index in [-0.39, 0.29) is 0 Å². The van der Waals surface area contributed by atoms with Gasteiger partial charge in [-0.3, -0.25) is 0 Å². The summed E-state index contributed by atoms with van der Waals surface area (Å²) >= 11 is 3.29. The van der Waals surface area contributed by atoms with E-state index in [0.29, 0.717) is 16.5 Å². The Balaban J connectivity index is 2.34. The summed E-state index contributed by atoms with van der Waals surface area (Å²) in [5.41, 5.74) is 0. The van der Waals surface area contributed by atoms with Crippen LogP contribution in [0.3, 0.4) is 0 Å². The number of methoxy groups -OCH3 is 1. The van der Waals surface area contributed by atoms with Crippen molar-refractivity contribution in [3.63, 3.8) is 0 Å². The second-order valence-electron chi connectivity index (χ2n) is 3.71. The average Bonchev–Trinajstić information content (AvgIpc) is 2.64. The highest BCUT2D eigenvalue weighted by molar-refractivity contribution is 9.10. The van der Waals surface area contributed by atoms with E-state index in [1.807, 2.05) is 0 Å². The summed E-state index contributed by atoms with van der Waals surface area (Å²) < 4.78 is 5.95. The molecule has 2 heterocycles. The minimum atomic E-state index is 0.523. The predicted molar refractivity (Wildman–Crippen MR) is 62.3 cm³/mol. The third-order valence-corrected chi connectivity index (χ3v) is 3.09. The van der Waals surface area contributed by atoms with Crippen molar-refractivity contribution in [1.29, 1.82) is 0 Å². The van der Waals surface area contributed by atoms with E-state index < -0.39 is 0 Å². The second kappa shape index (κ2) is 4.35. The quantitative estimate of drug-likeness (QED) is 0.827. The minimum absolute atomic E-state index is 0.523. The lowest BCUT2D eigenvalue weighted by Crippen LogP contribution is -2.27.